The summed E-state index contributed by atoms with van der Waals surface area (Å²) >= 11 is 6.38. The van der Waals surface area contributed by atoms with E-state index in [0.717, 1.165) is 24.2 Å². The van der Waals surface area contributed by atoms with Gasteiger partial charge in [0.25, 0.3) is 0 Å². The third-order valence-electron chi connectivity index (χ3n) is 4.22. The van der Waals surface area contributed by atoms with E-state index in [1.165, 1.54) is 24.8 Å². The molecular formula is C16H24ClNO. The highest BCUT2D eigenvalue weighted by atomic mass is 35.5. The molecule has 2 N–H and O–H groups in total. The molecule has 1 saturated carbocycles. The van der Waals surface area contributed by atoms with Gasteiger partial charge >= 0.3 is 0 Å². The fraction of sp³-hybridized carbons (Fsp3) is 0.625. The molecule has 0 radical (unpaired) electrons. The van der Waals surface area contributed by atoms with E-state index in [1.54, 1.807) is 7.11 Å². The van der Waals surface area contributed by atoms with E-state index in [0.29, 0.717) is 10.9 Å². The van der Waals surface area contributed by atoms with E-state index in [-0.39, 0.29) is 5.54 Å². The molecule has 1 aromatic carbocycles. The predicted octanol–water partition coefficient (Wildman–Crippen LogP) is 4.59. The SMILES string of the molecule is COc1c(Cl)cc(C(C)C)cc1C1(N)CCCCC1. The van der Waals surface area contributed by atoms with Crippen LogP contribution in [0.5, 0.6) is 5.75 Å². The number of hydrogen-bond acceptors (Lipinski definition) is 2. The van der Waals surface area contributed by atoms with Crippen LogP contribution >= 0.6 is 11.6 Å². The molecule has 0 aromatic heterocycles. The maximum absolute atomic E-state index is 6.66. The highest BCUT2D eigenvalue weighted by Crippen LogP contribution is 2.43. The van der Waals surface area contributed by atoms with Gasteiger partial charge in [0.05, 0.1) is 12.1 Å². The molecule has 0 spiro atoms. The lowest BCUT2D eigenvalue weighted by Gasteiger charge is -2.35. The first-order chi connectivity index (χ1) is 8.98. The van der Waals surface area contributed by atoms with Crippen LogP contribution in [0, 0.1) is 0 Å². The van der Waals surface area contributed by atoms with Gasteiger partial charge in [0.15, 0.2) is 0 Å². The van der Waals surface area contributed by atoms with Crippen LogP contribution in [0.15, 0.2) is 12.1 Å². The van der Waals surface area contributed by atoms with Gasteiger partial charge in [0.2, 0.25) is 0 Å². The van der Waals surface area contributed by atoms with E-state index in [9.17, 15) is 0 Å². The van der Waals surface area contributed by atoms with Crippen LogP contribution in [-0.2, 0) is 5.54 Å². The van der Waals surface area contributed by atoms with Crippen molar-refractivity contribution in [3.63, 3.8) is 0 Å². The van der Waals surface area contributed by atoms with E-state index in [1.807, 2.05) is 6.07 Å². The number of nitrogens with two attached hydrogens (primary N) is 1. The lowest BCUT2D eigenvalue weighted by Crippen LogP contribution is -2.39. The summed E-state index contributed by atoms with van der Waals surface area (Å²) in [4.78, 5) is 0. The van der Waals surface area contributed by atoms with E-state index < -0.39 is 0 Å². The van der Waals surface area contributed by atoms with Gasteiger partial charge in [-0.3, -0.25) is 0 Å². The number of ether oxygens (including phenoxy) is 1. The number of benzene rings is 1. The zero-order valence-electron chi connectivity index (χ0n) is 12.1. The molecule has 0 unspecified atom stereocenters. The van der Waals surface area contributed by atoms with Crippen LogP contribution in [0.2, 0.25) is 5.02 Å². The summed E-state index contributed by atoms with van der Waals surface area (Å²) in [5, 5.41) is 0.680. The number of rotatable bonds is 3. The predicted molar refractivity (Wildman–Crippen MR) is 81.0 cm³/mol. The summed E-state index contributed by atoms with van der Waals surface area (Å²) in [6.07, 6.45) is 5.67. The summed E-state index contributed by atoms with van der Waals surface area (Å²) in [5.41, 5.74) is 8.70. The largest absolute Gasteiger partial charge is 0.495 e. The minimum absolute atomic E-state index is 0.280. The molecule has 1 fully saturated rings. The van der Waals surface area contributed by atoms with Gasteiger partial charge in [-0.25, -0.2) is 0 Å². The first-order valence-corrected chi connectivity index (χ1v) is 7.52. The van der Waals surface area contributed by atoms with Crippen molar-refractivity contribution in [1.29, 1.82) is 0 Å². The molecule has 0 bridgehead atoms. The van der Waals surface area contributed by atoms with Gasteiger partial charge in [-0.1, -0.05) is 44.7 Å². The minimum Gasteiger partial charge on any atom is -0.495 e. The molecule has 0 aliphatic heterocycles. The second kappa shape index (κ2) is 5.72. The Bertz CT molecular complexity index is 450. The molecule has 1 aliphatic rings. The summed E-state index contributed by atoms with van der Waals surface area (Å²) in [6, 6.07) is 4.20. The smallest absolute Gasteiger partial charge is 0.142 e. The summed E-state index contributed by atoms with van der Waals surface area (Å²) in [6.45, 7) is 4.35. The molecule has 2 rings (SSSR count). The van der Waals surface area contributed by atoms with Crippen molar-refractivity contribution in [2.24, 2.45) is 5.73 Å². The lowest BCUT2D eigenvalue weighted by molar-refractivity contribution is 0.289. The van der Waals surface area contributed by atoms with E-state index in [4.69, 9.17) is 22.1 Å². The van der Waals surface area contributed by atoms with Gasteiger partial charge < -0.3 is 10.5 Å². The maximum atomic E-state index is 6.66. The van der Waals surface area contributed by atoms with E-state index in [2.05, 4.69) is 19.9 Å². The Morgan fingerprint density at radius 3 is 2.37 bits per heavy atom. The lowest BCUT2D eigenvalue weighted by atomic mass is 9.76. The zero-order valence-corrected chi connectivity index (χ0v) is 12.9. The minimum atomic E-state index is -0.280. The Morgan fingerprint density at radius 2 is 1.84 bits per heavy atom. The van der Waals surface area contributed by atoms with Crippen molar-refractivity contribution >= 4 is 11.6 Å². The van der Waals surface area contributed by atoms with Crippen molar-refractivity contribution in [2.75, 3.05) is 7.11 Å². The van der Waals surface area contributed by atoms with Crippen LogP contribution in [0.1, 0.15) is 63.0 Å². The van der Waals surface area contributed by atoms with Gasteiger partial charge in [0, 0.05) is 11.1 Å². The van der Waals surface area contributed by atoms with Gasteiger partial charge in [-0.2, -0.15) is 0 Å². The number of methoxy groups -OCH3 is 1. The Morgan fingerprint density at radius 1 is 1.21 bits per heavy atom. The van der Waals surface area contributed by atoms with E-state index >= 15 is 0 Å². The van der Waals surface area contributed by atoms with Crippen LogP contribution < -0.4 is 10.5 Å². The first-order valence-electron chi connectivity index (χ1n) is 7.15. The molecule has 0 heterocycles. The Labute approximate surface area is 121 Å². The van der Waals surface area contributed by atoms with Gasteiger partial charge in [-0.05, 0) is 36.5 Å². The van der Waals surface area contributed by atoms with Crippen molar-refractivity contribution < 1.29 is 4.74 Å². The monoisotopic (exact) mass is 281 g/mol. The Hall–Kier alpha value is -0.730. The topological polar surface area (TPSA) is 35.2 Å². The average Bonchev–Trinajstić information content (AvgIpc) is 2.38. The summed E-state index contributed by atoms with van der Waals surface area (Å²) in [5.74, 6) is 1.20. The number of halogens is 1. The quantitative estimate of drug-likeness (QED) is 0.879. The Balaban J connectivity index is 2.52. The standard InChI is InChI=1S/C16H24ClNO/c1-11(2)12-9-13(15(19-3)14(17)10-12)16(18)7-5-4-6-8-16/h9-11H,4-8,18H2,1-3H3. The fourth-order valence-corrected chi connectivity index (χ4v) is 3.28. The summed E-state index contributed by atoms with van der Waals surface area (Å²) in [7, 11) is 1.67. The Kier molecular flexibility index (Phi) is 4.42. The van der Waals surface area contributed by atoms with Crippen LogP contribution in [0.3, 0.4) is 0 Å². The molecule has 0 saturated heterocycles. The van der Waals surface area contributed by atoms with Crippen molar-refractivity contribution in [2.45, 2.75) is 57.4 Å². The molecule has 0 amide bonds. The molecule has 106 valence electrons. The highest BCUT2D eigenvalue weighted by Gasteiger charge is 2.33. The first kappa shape index (κ1) is 14.7. The normalized spacial score (nSPS) is 18.6. The van der Waals surface area contributed by atoms with Crippen molar-refractivity contribution in [3.8, 4) is 5.75 Å². The molecule has 3 heteroatoms. The third kappa shape index (κ3) is 2.90. The third-order valence-corrected chi connectivity index (χ3v) is 4.50. The van der Waals surface area contributed by atoms with Crippen LogP contribution in [0.4, 0.5) is 0 Å². The number of hydrogen-bond donors (Lipinski definition) is 1. The van der Waals surface area contributed by atoms with Crippen molar-refractivity contribution in [3.05, 3.63) is 28.3 Å². The second-order valence-electron chi connectivity index (χ2n) is 5.96. The average molecular weight is 282 g/mol. The fourth-order valence-electron chi connectivity index (χ4n) is 2.98. The molecular weight excluding hydrogens is 258 g/mol. The second-order valence-corrected chi connectivity index (χ2v) is 6.36. The molecule has 2 nitrogen and oxygen atoms in total. The molecule has 19 heavy (non-hydrogen) atoms. The van der Waals surface area contributed by atoms with Crippen LogP contribution in [-0.4, -0.2) is 7.11 Å². The zero-order chi connectivity index (χ0) is 14.0. The van der Waals surface area contributed by atoms with Crippen molar-refractivity contribution in [1.82, 2.24) is 0 Å². The molecule has 1 aliphatic carbocycles. The van der Waals surface area contributed by atoms with Gasteiger partial charge in [-0.15, -0.1) is 0 Å². The summed E-state index contributed by atoms with van der Waals surface area (Å²) < 4.78 is 5.52. The van der Waals surface area contributed by atoms with Gasteiger partial charge in [0.1, 0.15) is 5.75 Å². The maximum Gasteiger partial charge on any atom is 0.142 e. The molecule has 0 atom stereocenters. The highest BCUT2D eigenvalue weighted by molar-refractivity contribution is 6.32. The molecule has 1 aromatic rings. The van der Waals surface area contributed by atoms with Crippen LogP contribution in [0.25, 0.3) is 0 Å².